The molecule has 0 amide bonds. The van der Waals surface area contributed by atoms with Gasteiger partial charge in [0.1, 0.15) is 5.82 Å². The Labute approximate surface area is 134 Å². The Morgan fingerprint density at radius 2 is 1.74 bits per heavy atom. The molecule has 23 heavy (non-hydrogen) atoms. The molecule has 0 fully saturated rings. The van der Waals surface area contributed by atoms with Gasteiger partial charge in [0.25, 0.3) is 0 Å². The van der Waals surface area contributed by atoms with Crippen LogP contribution in [0, 0.1) is 0 Å². The van der Waals surface area contributed by atoms with Crippen LogP contribution in [0.25, 0.3) is 0 Å². The zero-order valence-corrected chi connectivity index (χ0v) is 12.6. The summed E-state index contributed by atoms with van der Waals surface area (Å²) in [7, 11) is 0. The molecule has 0 radical (unpaired) electrons. The second kappa shape index (κ2) is 6.33. The van der Waals surface area contributed by atoms with Crippen LogP contribution in [0.2, 0.25) is 0 Å². The van der Waals surface area contributed by atoms with Crippen molar-refractivity contribution in [2.75, 3.05) is 4.90 Å². The van der Waals surface area contributed by atoms with Crippen LogP contribution in [0.15, 0.2) is 54.7 Å². The molecule has 0 aliphatic heterocycles. The Kier molecular flexibility index (Phi) is 4.24. The molecule has 3 rings (SSSR count). The molecule has 0 saturated carbocycles. The maximum atomic E-state index is 12.7. The van der Waals surface area contributed by atoms with Crippen molar-refractivity contribution in [3.8, 4) is 0 Å². The molecule has 8 heteroatoms. The molecule has 0 spiro atoms. The molecular formula is C15H11F3N4S. The van der Waals surface area contributed by atoms with Crippen molar-refractivity contribution in [3.63, 3.8) is 0 Å². The highest BCUT2D eigenvalue weighted by Crippen LogP contribution is 2.33. The van der Waals surface area contributed by atoms with Gasteiger partial charge in [-0.05, 0) is 17.7 Å². The number of anilines is 2. The summed E-state index contributed by atoms with van der Waals surface area (Å²) < 4.78 is 41.6. The number of rotatable bonds is 4. The average Bonchev–Trinajstić information content (AvgIpc) is 3.04. The molecule has 0 N–H and O–H groups in total. The fraction of sp³-hybridized carbons (Fsp3) is 0.133. The molecule has 118 valence electrons. The van der Waals surface area contributed by atoms with E-state index in [9.17, 15) is 13.2 Å². The number of benzene rings is 1. The van der Waals surface area contributed by atoms with Crippen molar-refractivity contribution in [1.29, 1.82) is 0 Å². The molecule has 0 unspecified atom stereocenters. The summed E-state index contributed by atoms with van der Waals surface area (Å²) in [5, 5.41) is 0.153. The van der Waals surface area contributed by atoms with Crippen LogP contribution in [-0.2, 0) is 12.7 Å². The highest BCUT2D eigenvalue weighted by Gasteiger charge is 2.36. The molecule has 4 nitrogen and oxygen atoms in total. The van der Waals surface area contributed by atoms with Gasteiger partial charge in [-0.3, -0.25) is 4.90 Å². The summed E-state index contributed by atoms with van der Waals surface area (Å²) in [6.07, 6.45) is -2.98. The van der Waals surface area contributed by atoms with E-state index >= 15 is 0 Å². The normalized spacial score (nSPS) is 11.4. The fourth-order valence-electron chi connectivity index (χ4n) is 1.97. The van der Waals surface area contributed by atoms with E-state index in [-0.39, 0.29) is 5.13 Å². The number of halogens is 3. The molecule has 0 bridgehead atoms. The molecule has 1 aromatic carbocycles. The lowest BCUT2D eigenvalue weighted by molar-refractivity contribution is -0.144. The van der Waals surface area contributed by atoms with Crippen molar-refractivity contribution in [2.45, 2.75) is 12.7 Å². The molecule has 2 aromatic heterocycles. The molecule has 0 aliphatic rings. The van der Waals surface area contributed by atoms with E-state index in [1.165, 1.54) is 0 Å². The van der Waals surface area contributed by atoms with Gasteiger partial charge in [-0.1, -0.05) is 36.4 Å². The van der Waals surface area contributed by atoms with Crippen LogP contribution in [0.3, 0.4) is 0 Å². The summed E-state index contributed by atoms with van der Waals surface area (Å²) in [6, 6.07) is 14.6. The van der Waals surface area contributed by atoms with E-state index in [1.807, 2.05) is 30.3 Å². The van der Waals surface area contributed by atoms with Crippen molar-refractivity contribution in [1.82, 2.24) is 14.3 Å². The minimum absolute atomic E-state index is 0.153. The van der Waals surface area contributed by atoms with Gasteiger partial charge in [0.05, 0.1) is 6.54 Å². The van der Waals surface area contributed by atoms with E-state index in [2.05, 4.69) is 14.3 Å². The van der Waals surface area contributed by atoms with Gasteiger partial charge in [-0.2, -0.15) is 22.5 Å². The number of hydrogen-bond acceptors (Lipinski definition) is 5. The number of nitrogens with zero attached hydrogens (tertiary/aromatic N) is 4. The molecule has 2 heterocycles. The average molecular weight is 336 g/mol. The van der Waals surface area contributed by atoms with Crippen LogP contribution < -0.4 is 4.90 Å². The van der Waals surface area contributed by atoms with Gasteiger partial charge in [0.2, 0.25) is 11.0 Å². The van der Waals surface area contributed by atoms with Gasteiger partial charge in [-0.15, -0.1) is 0 Å². The maximum Gasteiger partial charge on any atom is 0.452 e. The molecule has 0 saturated heterocycles. The maximum absolute atomic E-state index is 12.7. The Bertz CT molecular complexity index is 759. The van der Waals surface area contributed by atoms with Gasteiger partial charge in [0.15, 0.2) is 0 Å². The first-order valence-electron chi connectivity index (χ1n) is 6.67. The summed E-state index contributed by atoms with van der Waals surface area (Å²) in [5.41, 5.74) is 0.932. The molecule has 3 aromatic rings. The number of aromatic nitrogens is 3. The van der Waals surface area contributed by atoms with Crippen LogP contribution in [0.5, 0.6) is 0 Å². The van der Waals surface area contributed by atoms with Crippen LogP contribution in [0.1, 0.15) is 11.4 Å². The second-order valence-electron chi connectivity index (χ2n) is 4.66. The lowest BCUT2D eigenvalue weighted by Crippen LogP contribution is -2.18. The highest BCUT2D eigenvalue weighted by molar-refractivity contribution is 7.09. The van der Waals surface area contributed by atoms with E-state index in [4.69, 9.17) is 0 Å². The summed E-state index contributed by atoms with van der Waals surface area (Å²) >= 11 is 0.703. The largest absolute Gasteiger partial charge is 0.452 e. The number of hydrogen-bond donors (Lipinski definition) is 0. The van der Waals surface area contributed by atoms with Gasteiger partial charge >= 0.3 is 6.18 Å². The smallest absolute Gasteiger partial charge is 0.297 e. The third-order valence-corrected chi connectivity index (χ3v) is 3.75. The second-order valence-corrected chi connectivity index (χ2v) is 5.39. The monoisotopic (exact) mass is 336 g/mol. The summed E-state index contributed by atoms with van der Waals surface area (Å²) in [5.74, 6) is -0.618. The van der Waals surface area contributed by atoms with Crippen LogP contribution in [0.4, 0.5) is 24.1 Å². The number of alkyl halides is 3. The number of pyridine rings is 1. The Morgan fingerprint density at radius 1 is 1.00 bits per heavy atom. The third kappa shape index (κ3) is 3.65. The predicted octanol–water partition coefficient (Wildman–Crippen LogP) is 4.29. The first kappa shape index (κ1) is 15.4. The van der Waals surface area contributed by atoms with E-state index in [0.717, 1.165) is 5.56 Å². The van der Waals surface area contributed by atoms with E-state index in [0.29, 0.717) is 23.9 Å². The van der Waals surface area contributed by atoms with Gasteiger partial charge in [0, 0.05) is 17.7 Å². The van der Waals surface area contributed by atoms with Crippen molar-refractivity contribution in [3.05, 3.63) is 66.1 Å². The zero-order chi connectivity index (χ0) is 16.3. The quantitative estimate of drug-likeness (QED) is 0.713. The van der Waals surface area contributed by atoms with Crippen LogP contribution >= 0.6 is 11.5 Å². The van der Waals surface area contributed by atoms with Crippen molar-refractivity contribution >= 4 is 22.5 Å². The molecule has 0 atom stereocenters. The highest BCUT2D eigenvalue weighted by atomic mass is 32.1. The van der Waals surface area contributed by atoms with Gasteiger partial charge < -0.3 is 0 Å². The minimum Gasteiger partial charge on any atom is -0.297 e. The van der Waals surface area contributed by atoms with Crippen LogP contribution in [-0.4, -0.2) is 14.3 Å². The van der Waals surface area contributed by atoms with Crippen molar-refractivity contribution < 1.29 is 13.2 Å². The van der Waals surface area contributed by atoms with E-state index in [1.54, 1.807) is 29.3 Å². The standard InChI is InChI=1S/C15H11F3N4S/c16-15(17,18)13-20-14(23-21-13)22(12-8-4-5-9-19-12)10-11-6-2-1-3-7-11/h1-9H,10H2. The minimum atomic E-state index is -4.56. The fourth-order valence-corrected chi connectivity index (χ4v) is 2.66. The summed E-state index contributed by atoms with van der Waals surface area (Å²) in [4.78, 5) is 9.44. The molecular weight excluding hydrogens is 325 g/mol. The SMILES string of the molecule is FC(F)(F)c1nsc(N(Cc2ccccc2)c2ccccn2)n1. The van der Waals surface area contributed by atoms with Crippen molar-refractivity contribution in [2.24, 2.45) is 0 Å². The topological polar surface area (TPSA) is 41.9 Å². The van der Waals surface area contributed by atoms with E-state index < -0.39 is 12.0 Å². The zero-order valence-electron chi connectivity index (χ0n) is 11.7. The first-order valence-corrected chi connectivity index (χ1v) is 7.45. The third-order valence-electron chi connectivity index (χ3n) is 3.01. The predicted molar refractivity (Wildman–Crippen MR) is 81.4 cm³/mol. The summed E-state index contributed by atoms with van der Waals surface area (Å²) in [6.45, 7) is 0.352. The Morgan fingerprint density at radius 3 is 2.35 bits per heavy atom. The van der Waals surface area contributed by atoms with Gasteiger partial charge in [-0.25, -0.2) is 4.98 Å². The Hall–Kier alpha value is -2.48. The Balaban J connectivity index is 1.97. The first-order chi connectivity index (χ1) is 11.0. The lowest BCUT2D eigenvalue weighted by Gasteiger charge is -2.20. The molecule has 0 aliphatic carbocycles. The lowest BCUT2D eigenvalue weighted by atomic mass is 10.2.